The molecule has 5 heteroatoms. The number of carbonyl (C=O) groups is 1. The van der Waals surface area contributed by atoms with Gasteiger partial charge in [-0.05, 0) is 31.4 Å². The molecule has 1 aliphatic heterocycles. The minimum absolute atomic E-state index is 0.00983. The van der Waals surface area contributed by atoms with Crippen molar-refractivity contribution in [2.45, 2.75) is 51.4 Å². The van der Waals surface area contributed by atoms with Gasteiger partial charge in [-0.15, -0.1) is 0 Å². The van der Waals surface area contributed by atoms with Crippen LogP contribution in [0.2, 0.25) is 0 Å². The van der Waals surface area contributed by atoms with Gasteiger partial charge in [0.1, 0.15) is 0 Å². The molecular weight excluding hydrogens is 268 g/mol. The molecule has 3 rings (SSSR count). The number of nitrogens with two attached hydrogens (primary N) is 1. The van der Waals surface area contributed by atoms with Gasteiger partial charge in [0.15, 0.2) is 11.5 Å². The van der Waals surface area contributed by atoms with Gasteiger partial charge in [-0.2, -0.15) is 0 Å². The molecule has 1 aliphatic carbocycles. The fraction of sp³-hybridized carbons (Fsp3) is 0.562. The molecule has 0 radical (unpaired) electrons. The van der Waals surface area contributed by atoms with Crippen LogP contribution in [0.1, 0.15) is 39.5 Å². The van der Waals surface area contributed by atoms with Crippen LogP contribution in [-0.2, 0) is 4.79 Å². The quantitative estimate of drug-likeness (QED) is 0.878. The Morgan fingerprint density at radius 3 is 2.81 bits per heavy atom. The number of hydrogen-bond acceptors (Lipinski definition) is 4. The Labute approximate surface area is 124 Å². The Morgan fingerprint density at radius 2 is 2.05 bits per heavy atom. The number of benzene rings is 1. The summed E-state index contributed by atoms with van der Waals surface area (Å²) in [6.45, 7) is 3.71. The highest BCUT2D eigenvalue weighted by Gasteiger charge is 2.32. The molecule has 1 heterocycles. The predicted octanol–water partition coefficient (Wildman–Crippen LogP) is 2.65. The molecule has 1 fully saturated rings. The van der Waals surface area contributed by atoms with Crippen LogP contribution in [0.25, 0.3) is 0 Å². The Kier molecular flexibility index (Phi) is 3.53. The van der Waals surface area contributed by atoms with E-state index in [-0.39, 0.29) is 17.9 Å². The lowest BCUT2D eigenvalue weighted by Gasteiger charge is -2.25. The molecule has 114 valence electrons. The van der Waals surface area contributed by atoms with Crippen molar-refractivity contribution in [1.82, 2.24) is 0 Å². The van der Waals surface area contributed by atoms with Gasteiger partial charge >= 0.3 is 0 Å². The molecule has 1 saturated carbocycles. The summed E-state index contributed by atoms with van der Waals surface area (Å²) in [4.78, 5) is 12.3. The van der Waals surface area contributed by atoms with Gasteiger partial charge in [0, 0.05) is 37.6 Å². The van der Waals surface area contributed by atoms with Crippen molar-refractivity contribution in [2.24, 2.45) is 11.7 Å². The number of carbonyl (C=O) groups excluding carboxylic acids is 1. The van der Waals surface area contributed by atoms with Crippen molar-refractivity contribution in [3.05, 3.63) is 18.2 Å². The molecule has 1 amide bonds. The molecule has 1 aromatic carbocycles. The average molecular weight is 290 g/mol. The number of anilines is 1. The highest BCUT2D eigenvalue weighted by atomic mass is 16.7. The maximum Gasteiger partial charge on any atom is 0.246 e. The molecule has 21 heavy (non-hydrogen) atoms. The molecular formula is C16H22N2O3. The fourth-order valence-corrected chi connectivity index (χ4v) is 3.01. The van der Waals surface area contributed by atoms with Crippen LogP contribution < -0.4 is 20.5 Å². The maximum atomic E-state index is 12.3. The zero-order valence-electron chi connectivity index (χ0n) is 12.5. The summed E-state index contributed by atoms with van der Waals surface area (Å²) in [5.41, 5.74) is 6.68. The second kappa shape index (κ2) is 5.22. The first-order valence-electron chi connectivity index (χ1n) is 7.51. The number of fused-ring (bicyclic) bond motifs is 1. The Bertz CT molecular complexity index is 556. The molecule has 1 aromatic rings. The van der Waals surface area contributed by atoms with Crippen molar-refractivity contribution in [1.29, 1.82) is 0 Å². The van der Waals surface area contributed by atoms with Crippen molar-refractivity contribution >= 4 is 11.6 Å². The van der Waals surface area contributed by atoms with Crippen LogP contribution in [0, 0.1) is 5.92 Å². The van der Waals surface area contributed by atoms with E-state index in [4.69, 9.17) is 15.2 Å². The van der Waals surface area contributed by atoms with Crippen molar-refractivity contribution in [2.75, 3.05) is 5.32 Å². The second-order valence-corrected chi connectivity index (χ2v) is 6.38. The van der Waals surface area contributed by atoms with E-state index >= 15 is 0 Å². The van der Waals surface area contributed by atoms with Crippen molar-refractivity contribution in [3.8, 4) is 11.5 Å². The van der Waals surface area contributed by atoms with Crippen LogP contribution in [0.3, 0.4) is 0 Å². The van der Waals surface area contributed by atoms with E-state index in [0.717, 1.165) is 31.4 Å². The topological polar surface area (TPSA) is 73.6 Å². The SMILES string of the molecule is CC1(C)Oc2ccc(NC(=O)C3CCCC(N)C3)cc2O1. The largest absolute Gasteiger partial charge is 0.449 e. The maximum absolute atomic E-state index is 12.3. The number of hydrogen-bond donors (Lipinski definition) is 2. The third kappa shape index (κ3) is 3.13. The fourth-order valence-electron chi connectivity index (χ4n) is 3.01. The van der Waals surface area contributed by atoms with E-state index in [2.05, 4.69) is 5.32 Å². The average Bonchev–Trinajstić information content (AvgIpc) is 2.72. The van der Waals surface area contributed by atoms with E-state index < -0.39 is 5.79 Å². The molecule has 0 bridgehead atoms. The Morgan fingerprint density at radius 1 is 1.29 bits per heavy atom. The first-order valence-corrected chi connectivity index (χ1v) is 7.51. The number of rotatable bonds is 2. The lowest BCUT2D eigenvalue weighted by Crippen LogP contribution is -2.34. The zero-order chi connectivity index (χ0) is 15.0. The summed E-state index contributed by atoms with van der Waals surface area (Å²) in [5, 5.41) is 2.96. The van der Waals surface area contributed by atoms with Gasteiger partial charge < -0.3 is 20.5 Å². The minimum Gasteiger partial charge on any atom is -0.449 e. The van der Waals surface area contributed by atoms with E-state index in [9.17, 15) is 4.79 Å². The van der Waals surface area contributed by atoms with Gasteiger partial charge in [0.2, 0.25) is 11.7 Å². The van der Waals surface area contributed by atoms with Crippen LogP contribution in [-0.4, -0.2) is 17.7 Å². The summed E-state index contributed by atoms with van der Waals surface area (Å²) in [6.07, 6.45) is 3.72. The van der Waals surface area contributed by atoms with Crippen molar-refractivity contribution < 1.29 is 14.3 Å². The number of amides is 1. The van der Waals surface area contributed by atoms with Crippen LogP contribution in [0.4, 0.5) is 5.69 Å². The second-order valence-electron chi connectivity index (χ2n) is 6.38. The summed E-state index contributed by atoms with van der Waals surface area (Å²) < 4.78 is 11.3. The van der Waals surface area contributed by atoms with Crippen LogP contribution in [0.15, 0.2) is 18.2 Å². The van der Waals surface area contributed by atoms with Gasteiger partial charge in [-0.3, -0.25) is 4.79 Å². The third-order valence-corrected chi connectivity index (χ3v) is 4.01. The molecule has 0 spiro atoms. The predicted molar refractivity (Wildman–Crippen MR) is 80.3 cm³/mol. The van der Waals surface area contributed by atoms with E-state index in [1.54, 1.807) is 0 Å². The zero-order valence-corrected chi connectivity index (χ0v) is 12.5. The van der Waals surface area contributed by atoms with E-state index in [1.807, 2.05) is 32.0 Å². The molecule has 2 atom stereocenters. The summed E-state index contributed by atoms with van der Waals surface area (Å²) >= 11 is 0. The lowest BCUT2D eigenvalue weighted by molar-refractivity contribution is -0.120. The van der Waals surface area contributed by atoms with Gasteiger partial charge in [0.25, 0.3) is 0 Å². The standard InChI is InChI=1S/C16H22N2O3/c1-16(2)20-13-7-6-12(9-14(13)21-16)18-15(19)10-4-3-5-11(17)8-10/h6-7,9-11H,3-5,8,17H2,1-2H3,(H,18,19). The monoisotopic (exact) mass is 290 g/mol. The summed E-state index contributed by atoms with van der Waals surface area (Å²) in [7, 11) is 0. The lowest BCUT2D eigenvalue weighted by atomic mass is 9.85. The first-order chi connectivity index (χ1) is 9.93. The minimum atomic E-state index is -0.652. The first kappa shape index (κ1) is 14.2. The summed E-state index contributed by atoms with van der Waals surface area (Å²) in [6, 6.07) is 5.62. The van der Waals surface area contributed by atoms with Crippen LogP contribution in [0.5, 0.6) is 11.5 Å². The molecule has 2 unspecified atom stereocenters. The molecule has 0 saturated heterocycles. The number of ether oxygens (including phenoxy) is 2. The normalized spacial score (nSPS) is 26.4. The molecule has 2 aliphatic rings. The van der Waals surface area contributed by atoms with Gasteiger partial charge in [0.05, 0.1) is 0 Å². The smallest absolute Gasteiger partial charge is 0.246 e. The third-order valence-electron chi connectivity index (χ3n) is 4.01. The number of nitrogens with one attached hydrogen (secondary N) is 1. The van der Waals surface area contributed by atoms with E-state index in [0.29, 0.717) is 11.5 Å². The molecule has 3 N–H and O–H groups in total. The Hall–Kier alpha value is -1.75. The highest BCUT2D eigenvalue weighted by Crippen LogP contribution is 2.40. The van der Waals surface area contributed by atoms with Crippen LogP contribution >= 0.6 is 0 Å². The van der Waals surface area contributed by atoms with Gasteiger partial charge in [-0.25, -0.2) is 0 Å². The summed E-state index contributed by atoms with van der Waals surface area (Å²) in [5.74, 6) is 0.774. The highest BCUT2D eigenvalue weighted by molar-refractivity contribution is 5.93. The Balaban J connectivity index is 1.67. The molecule has 0 aromatic heterocycles. The van der Waals surface area contributed by atoms with Gasteiger partial charge in [-0.1, -0.05) is 6.42 Å². The van der Waals surface area contributed by atoms with E-state index in [1.165, 1.54) is 0 Å². The van der Waals surface area contributed by atoms with Crippen molar-refractivity contribution in [3.63, 3.8) is 0 Å². The molecule has 5 nitrogen and oxygen atoms in total.